The number of anilines is 2. The summed E-state index contributed by atoms with van der Waals surface area (Å²) < 4.78 is 0. The van der Waals surface area contributed by atoms with Crippen LogP contribution in [0.15, 0.2) is 18.2 Å². The molecule has 0 heterocycles. The molecule has 5 heteroatoms. The standard InChI is InChI=1S/C15H25N3O2/c1-4-6-7-9-17(3)14-10-13(16-8-5-2)11-15(12-14)18(19)20/h10-12,16H,4-9H2,1-3H3. The van der Waals surface area contributed by atoms with E-state index in [9.17, 15) is 10.1 Å². The van der Waals surface area contributed by atoms with Crippen molar-refractivity contribution in [1.82, 2.24) is 0 Å². The fourth-order valence-corrected chi connectivity index (χ4v) is 2.02. The number of unbranched alkanes of at least 4 members (excludes halogenated alkanes) is 2. The summed E-state index contributed by atoms with van der Waals surface area (Å²) in [6, 6.07) is 5.22. The van der Waals surface area contributed by atoms with Gasteiger partial charge in [-0.2, -0.15) is 0 Å². The molecule has 5 nitrogen and oxygen atoms in total. The van der Waals surface area contributed by atoms with Crippen molar-refractivity contribution in [3.05, 3.63) is 28.3 Å². The molecule has 0 unspecified atom stereocenters. The molecule has 1 aromatic carbocycles. The molecule has 0 saturated carbocycles. The summed E-state index contributed by atoms with van der Waals surface area (Å²) in [5.74, 6) is 0. The number of non-ortho nitro benzene ring substituents is 1. The Balaban J connectivity index is 2.86. The number of nitrogens with one attached hydrogen (secondary N) is 1. The Morgan fingerprint density at radius 2 is 1.95 bits per heavy atom. The lowest BCUT2D eigenvalue weighted by Gasteiger charge is -2.20. The van der Waals surface area contributed by atoms with E-state index in [4.69, 9.17) is 0 Å². The molecule has 20 heavy (non-hydrogen) atoms. The van der Waals surface area contributed by atoms with Crippen LogP contribution in [-0.4, -0.2) is 25.1 Å². The van der Waals surface area contributed by atoms with E-state index in [1.165, 1.54) is 12.8 Å². The molecule has 0 aromatic heterocycles. The van der Waals surface area contributed by atoms with Gasteiger partial charge in [0.1, 0.15) is 0 Å². The first-order valence-electron chi connectivity index (χ1n) is 7.33. The number of hydrogen-bond donors (Lipinski definition) is 1. The molecule has 0 aliphatic rings. The average molecular weight is 279 g/mol. The second kappa shape index (κ2) is 8.40. The van der Waals surface area contributed by atoms with Crippen molar-refractivity contribution in [2.24, 2.45) is 0 Å². The highest BCUT2D eigenvalue weighted by Crippen LogP contribution is 2.26. The largest absolute Gasteiger partial charge is 0.385 e. The maximum absolute atomic E-state index is 11.0. The van der Waals surface area contributed by atoms with E-state index in [2.05, 4.69) is 24.1 Å². The molecule has 1 aromatic rings. The summed E-state index contributed by atoms with van der Waals surface area (Å²) in [5, 5.41) is 14.2. The van der Waals surface area contributed by atoms with E-state index in [-0.39, 0.29) is 10.6 Å². The average Bonchev–Trinajstić information content (AvgIpc) is 2.44. The van der Waals surface area contributed by atoms with Gasteiger partial charge in [0.05, 0.1) is 4.92 Å². The molecular weight excluding hydrogens is 254 g/mol. The quantitative estimate of drug-likeness (QED) is 0.421. The fraction of sp³-hybridized carbons (Fsp3) is 0.600. The molecule has 1 rings (SSSR count). The van der Waals surface area contributed by atoms with Gasteiger partial charge in [-0.15, -0.1) is 0 Å². The van der Waals surface area contributed by atoms with E-state index in [0.717, 1.165) is 37.3 Å². The van der Waals surface area contributed by atoms with Crippen LogP contribution in [-0.2, 0) is 0 Å². The smallest absolute Gasteiger partial charge is 0.273 e. The SMILES string of the molecule is CCCCCN(C)c1cc(NCCC)cc([N+](=O)[O-])c1. The van der Waals surface area contributed by atoms with Crippen LogP contribution >= 0.6 is 0 Å². The highest BCUT2D eigenvalue weighted by molar-refractivity contribution is 5.64. The summed E-state index contributed by atoms with van der Waals surface area (Å²) >= 11 is 0. The lowest BCUT2D eigenvalue weighted by atomic mass is 10.2. The van der Waals surface area contributed by atoms with Crippen LogP contribution in [0, 0.1) is 10.1 Å². The van der Waals surface area contributed by atoms with Gasteiger partial charge in [-0.05, 0) is 18.9 Å². The highest BCUT2D eigenvalue weighted by atomic mass is 16.6. The lowest BCUT2D eigenvalue weighted by molar-refractivity contribution is -0.384. The normalized spacial score (nSPS) is 10.3. The van der Waals surface area contributed by atoms with Crippen LogP contribution in [0.1, 0.15) is 39.5 Å². The van der Waals surface area contributed by atoms with Gasteiger partial charge in [0.25, 0.3) is 5.69 Å². The number of benzene rings is 1. The number of nitrogens with zero attached hydrogens (tertiary/aromatic N) is 2. The highest BCUT2D eigenvalue weighted by Gasteiger charge is 2.12. The van der Waals surface area contributed by atoms with Crippen LogP contribution in [0.5, 0.6) is 0 Å². The zero-order valence-electron chi connectivity index (χ0n) is 12.7. The third kappa shape index (κ3) is 5.07. The molecule has 112 valence electrons. The van der Waals surface area contributed by atoms with Crippen molar-refractivity contribution in [1.29, 1.82) is 0 Å². The van der Waals surface area contributed by atoms with Gasteiger partial charge in [-0.3, -0.25) is 10.1 Å². The summed E-state index contributed by atoms with van der Waals surface area (Å²) in [7, 11) is 1.98. The Labute approximate surface area is 121 Å². The predicted molar refractivity (Wildman–Crippen MR) is 84.7 cm³/mol. The Morgan fingerprint density at radius 1 is 1.20 bits per heavy atom. The predicted octanol–water partition coefficient (Wildman–Crippen LogP) is 4.04. The monoisotopic (exact) mass is 279 g/mol. The first-order chi connectivity index (χ1) is 9.58. The second-order valence-electron chi connectivity index (χ2n) is 5.05. The van der Waals surface area contributed by atoms with Crippen LogP contribution in [0.4, 0.5) is 17.1 Å². The summed E-state index contributed by atoms with van der Waals surface area (Å²) in [6.07, 6.45) is 4.45. The maximum atomic E-state index is 11.0. The van der Waals surface area contributed by atoms with Gasteiger partial charge >= 0.3 is 0 Å². The number of hydrogen-bond acceptors (Lipinski definition) is 4. The van der Waals surface area contributed by atoms with E-state index in [1.807, 2.05) is 13.1 Å². The molecule has 0 saturated heterocycles. The molecule has 0 radical (unpaired) electrons. The molecular formula is C15H25N3O2. The Kier molecular flexibility index (Phi) is 6.84. The number of nitro groups is 1. The van der Waals surface area contributed by atoms with Gasteiger partial charge in [0, 0.05) is 43.6 Å². The van der Waals surface area contributed by atoms with Crippen molar-refractivity contribution in [3.8, 4) is 0 Å². The molecule has 0 amide bonds. The first kappa shape index (κ1) is 16.3. The second-order valence-corrected chi connectivity index (χ2v) is 5.05. The number of rotatable bonds is 9. The minimum absolute atomic E-state index is 0.142. The first-order valence-corrected chi connectivity index (χ1v) is 7.33. The minimum atomic E-state index is -0.333. The molecule has 0 bridgehead atoms. The Bertz CT molecular complexity index is 435. The van der Waals surface area contributed by atoms with Gasteiger partial charge in [0.2, 0.25) is 0 Å². The third-order valence-electron chi connectivity index (χ3n) is 3.23. The molecule has 1 N–H and O–H groups in total. The van der Waals surface area contributed by atoms with Crippen molar-refractivity contribution < 1.29 is 4.92 Å². The van der Waals surface area contributed by atoms with E-state index >= 15 is 0 Å². The van der Waals surface area contributed by atoms with Crippen LogP contribution in [0.3, 0.4) is 0 Å². The molecule has 0 aliphatic heterocycles. The van der Waals surface area contributed by atoms with Crippen molar-refractivity contribution >= 4 is 17.1 Å². The zero-order valence-corrected chi connectivity index (χ0v) is 12.7. The Hall–Kier alpha value is -1.78. The van der Waals surface area contributed by atoms with Crippen molar-refractivity contribution in [2.75, 3.05) is 30.4 Å². The van der Waals surface area contributed by atoms with Crippen LogP contribution in [0.2, 0.25) is 0 Å². The topological polar surface area (TPSA) is 58.4 Å². The summed E-state index contributed by atoms with van der Waals surface area (Å²) in [6.45, 7) is 5.98. The molecule has 0 aliphatic carbocycles. The van der Waals surface area contributed by atoms with Gasteiger partial charge < -0.3 is 10.2 Å². The van der Waals surface area contributed by atoms with Crippen molar-refractivity contribution in [2.45, 2.75) is 39.5 Å². The van der Waals surface area contributed by atoms with Gasteiger partial charge in [-0.1, -0.05) is 26.7 Å². The Morgan fingerprint density at radius 3 is 2.55 bits per heavy atom. The maximum Gasteiger partial charge on any atom is 0.273 e. The van der Waals surface area contributed by atoms with E-state index in [0.29, 0.717) is 0 Å². The van der Waals surface area contributed by atoms with Gasteiger partial charge in [0.15, 0.2) is 0 Å². The molecule has 0 atom stereocenters. The van der Waals surface area contributed by atoms with Gasteiger partial charge in [-0.25, -0.2) is 0 Å². The minimum Gasteiger partial charge on any atom is -0.385 e. The number of nitro benzene ring substituents is 1. The molecule has 0 fully saturated rings. The molecule has 0 spiro atoms. The van der Waals surface area contributed by atoms with Crippen LogP contribution in [0.25, 0.3) is 0 Å². The fourth-order valence-electron chi connectivity index (χ4n) is 2.02. The van der Waals surface area contributed by atoms with Crippen molar-refractivity contribution in [3.63, 3.8) is 0 Å². The van der Waals surface area contributed by atoms with E-state index in [1.54, 1.807) is 12.1 Å². The summed E-state index contributed by atoms with van der Waals surface area (Å²) in [5.41, 5.74) is 1.86. The van der Waals surface area contributed by atoms with Crippen LogP contribution < -0.4 is 10.2 Å². The lowest BCUT2D eigenvalue weighted by Crippen LogP contribution is -2.18. The van der Waals surface area contributed by atoms with E-state index < -0.39 is 0 Å². The third-order valence-corrected chi connectivity index (χ3v) is 3.23. The summed E-state index contributed by atoms with van der Waals surface area (Å²) in [4.78, 5) is 12.8. The zero-order chi connectivity index (χ0) is 15.0.